The second-order valence-electron chi connectivity index (χ2n) is 7.50. The fraction of sp³-hybridized carbons (Fsp3) is 0.632. The van der Waals surface area contributed by atoms with Crippen LogP contribution in [0, 0.1) is 26.7 Å². The highest BCUT2D eigenvalue weighted by Gasteiger charge is 2.77. The van der Waals surface area contributed by atoms with Crippen LogP contribution in [0.5, 0.6) is 0 Å². The number of hydrogen-bond donors (Lipinski definition) is 0. The Hall–Kier alpha value is -1.47. The second-order valence-corrected chi connectivity index (χ2v) is 7.50. The van der Waals surface area contributed by atoms with Crippen LogP contribution in [0.25, 0.3) is 0 Å². The van der Waals surface area contributed by atoms with E-state index in [4.69, 9.17) is 23.8 Å². The van der Waals surface area contributed by atoms with Gasteiger partial charge in [-0.15, -0.1) is 0 Å². The highest BCUT2D eigenvalue weighted by atomic mass is 16.8. The van der Waals surface area contributed by atoms with Crippen molar-refractivity contribution >= 4 is 5.71 Å². The van der Waals surface area contributed by atoms with E-state index in [2.05, 4.69) is 38.1 Å². The van der Waals surface area contributed by atoms with E-state index in [0.29, 0.717) is 19.6 Å². The monoisotopic (exact) mass is 345 g/mol. The Morgan fingerprint density at radius 1 is 1.12 bits per heavy atom. The van der Waals surface area contributed by atoms with Gasteiger partial charge in [-0.05, 0) is 31.9 Å². The van der Waals surface area contributed by atoms with E-state index in [1.807, 2.05) is 0 Å². The van der Waals surface area contributed by atoms with Crippen LogP contribution in [-0.4, -0.2) is 49.8 Å². The molecule has 0 amide bonds. The van der Waals surface area contributed by atoms with Gasteiger partial charge in [-0.2, -0.15) is 0 Å². The largest absolute Gasteiger partial charge is 0.361 e. The van der Waals surface area contributed by atoms with Gasteiger partial charge in [0.05, 0.1) is 13.2 Å². The number of hydrogen-bond acceptors (Lipinski definition) is 6. The predicted octanol–water partition coefficient (Wildman–Crippen LogP) is 2.22. The molecule has 0 saturated carbocycles. The zero-order chi connectivity index (χ0) is 17.4. The van der Waals surface area contributed by atoms with Crippen LogP contribution in [0.15, 0.2) is 17.3 Å². The fourth-order valence-electron chi connectivity index (χ4n) is 5.14. The third-order valence-corrected chi connectivity index (χ3v) is 6.01. The van der Waals surface area contributed by atoms with Crippen molar-refractivity contribution in [1.82, 2.24) is 0 Å². The summed E-state index contributed by atoms with van der Waals surface area (Å²) >= 11 is 0. The fourth-order valence-corrected chi connectivity index (χ4v) is 5.14. The summed E-state index contributed by atoms with van der Waals surface area (Å²) in [4.78, 5) is 5.89. The van der Waals surface area contributed by atoms with Crippen molar-refractivity contribution in [2.45, 2.75) is 51.0 Å². The van der Waals surface area contributed by atoms with E-state index in [9.17, 15) is 0 Å². The molecule has 3 saturated heterocycles. The van der Waals surface area contributed by atoms with Crippen molar-refractivity contribution in [3.63, 3.8) is 0 Å². The second kappa shape index (κ2) is 5.04. The first-order valence-corrected chi connectivity index (χ1v) is 8.83. The first kappa shape index (κ1) is 15.8. The van der Waals surface area contributed by atoms with E-state index in [1.54, 1.807) is 7.11 Å². The molecule has 3 fully saturated rings. The van der Waals surface area contributed by atoms with Gasteiger partial charge in [0.25, 0.3) is 5.79 Å². The lowest BCUT2D eigenvalue weighted by Gasteiger charge is -2.39. The first-order valence-electron chi connectivity index (χ1n) is 8.83. The molecule has 0 radical (unpaired) electrons. The average Bonchev–Trinajstić information content (AvgIpc) is 3.30. The molecule has 25 heavy (non-hydrogen) atoms. The minimum Gasteiger partial charge on any atom is -0.361 e. The standard InChI is InChI=1S/C19H23NO5/c1-10-7-11(2)14(12(3)8-10)16-15-17-18(22-5-6-23-18)9-13(24-17)19(15,21-4)25-20-16/h7-8,13,15,17H,5-6,9H2,1-4H3/t13-,15-,17-,19+/m0/s1. The third-order valence-electron chi connectivity index (χ3n) is 6.01. The molecule has 0 aromatic heterocycles. The predicted molar refractivity (Wildman–Crippen MR) is 89.4 cm³/mol. The topological polar surface area (TPSA) is 58.5 Å². The number of benzene rings is 1. The van der Waals surface area contributed by atoms with Crippen LogP contribution < -0.4 is 0 Å². The maximum Gasteiger partial charge on any atom is 0.274 e. The summed E-state index contributed by atoms with van der Waals surface area (Å²) in [5.74, 6) is -1.75. The van der Waals surface area contributed by atoms with Crippen molar-refractivity contribution in [3.8, 4) is 0 Å². The molecule has 0 unspecified atom stereocenters. The van der Waals surface area contributed by atoms with Gasteiger partial charge in [-0.3, -0.25) is 0 Å². The van der Waals surface area contributed by atoms with E-state index < -0.39 is 11.6 Å². The molecule has 0 N–H and O–H groups in total. The highest BCUT2D eigenvalue weighted by molar-refractivity contribution is 6.06. The van der Waals surface area contributed by atoms with Crippen LogP contribution in [0.3, 0.4) is 0 Å². The Bertz CT molecular complexity index is 746. The normalized spacial score (nSPS) is 37.4. The van der Waals surface area contributed by atoms with E-state index in [-0.39, 0.29) is 18.1 Å². The molecule has 134 valence electrons. The lowest BCUT2D eigenvalue weighted by Crippen LogP contribution is -2.58. The molecule has 6 nitrogen and oxygen atoms in total. The summed E-state index contributed by atoms with van der Waals surface area (Å²) in [7, 11) is 1.66. The summed E-state index contributed by atoms with van der Waals surface area (Å²) in [6, 6.07) is 4.34. The number of ether oxygens (including phenoxy) is 4. The van der Waals surface area contributed by atoms with Crippen molar-refractivity contribution in [2.75, 3.05) is 20.3 Å². The third kappa shape index (κ3) is 1.86. The first-order chi connectivity index (χ1) is 12.0. The number of rotatable bonds is 2. The summed E-state index contributed by atoms with van der Waals surface area (Å²) in [5.41, 5.74) is 5.58. The molecular formula is C19H23NO5. The Morgan fingerprint density at radius 2 is 1.80 bits per heavy atom. The average molecular weight is 345 g/mol. The number of nitrogens with zero attached hydrogens (tertiary/aromatic N) is 1. The Kier molecular flexibility index (Phi) is 3.18. The Morgan fingerprint density at radius 3 is 2.44 bits per heavy atom. The summed E-state index contributed by atoms with van der Waals surface area (Å²) < 4.78 is 24.1. The summed E-state index contributed by atoms with van der Waals surface area (Å²) in [6.07, 6.45) is 0.0793. The Labute approximate surface area is 147 Å². The van der Waals surface area contributed by atoms with Gasteiger partial charge in [0.15, 0.2) is 5.79 Å². The maximum absolute atomic E-state index is 6.25. The summed E-state index contributed by atoms with van der Waals surface area (Å²) in [6.45, 7) is 7.50. The quantitative estimate of drug-likeness (QED) is 0.823. The molecule has 5 rings (SSSR count). The number of oxime groups is 1. The molecule has 4 aliphatic heterocycles. The molecule has 1 aromatic rings. The van der Waals surface area contributed by atoms with Crippen molar-refractivity contribution in [2.24, 2.45) is 11.1 Å². The lowest BCUT2D eigenvalue weighted by atomic mass is 9.74. The zero-order valence-electron chi connectivity index (χ0n) is 15.0. The molecule has 4 aliphatic rings. The molecule has 0 aliphatic carbocycles. The van der Waals surface area contributed by atoms with Gasteiger partial charge in [-0.1, -0.05) is 22.9 Å². The molecule has 2 bridgehead atoms. The molecule has 6 heteroatoms. The zero-order valence-corrected chi connectivity index (χ0v) is 15.0. The molecule has 4 atom stereocenters. The van der Waals surface area contributed by atoms with Gasteiger partial charge in [0, 0.05) is 19.1 Å². The summed E-state index contributed by atoms with van der Waals surface area (Å²) in [5, 5.41) is 4.48. The van der Waals surface area contributed by atoms with Crippen LogP contribution in [0.4, 0.5) is 0 Å². The van der Waals surface area contributed by atoms with Crippen LogP contribution in [-0.2, 0) is 23.8 Å². The van der Waals surface area contributed by atoms with Crippen LogP contribution >= 0.6 is 0 Å². The van der Waals surface area contributed by atoms with Gasteiger partial charge < -0.3 is 23.8 Å². The number of aryl methyl sites for hydroxylation is 3. The van der Waals surface area contributed by atoms with Crippen molar-refractivity contribution in [3.05, 3.63) is 34.4 Å². The van der Waals surface area contributed by atoms with Crippen LogP contribution in [0.1, 0.15) is 28.7 Å². The molecular weight excluding hydrogens is 322 g/mol. The van der Waals surface area contributed by atoms with E-state index in [1.165, 1.54) is 16.7 Å². The van der Waals surface area contributed by atoms with E-state index >= 15 is 0 Å². The maximum atomic E-state index is 6.25. The smallest absolute Gasteiger partial charge is 0.274 e. The molecule has 1 spiro atoms. The van der Waals surface area contributed by atoms with Gasteiger partial charge in [-0.25, -0.2) is 0 Å². The Balaban J connectivity index is 1.62. The van der Waals surface area contributed by atoms with Gasteiger partial charge >= 0.3 is 0 Å². The van der Waals surface area contributed by atoms with Crippen molar-refractivity contribution < 1.29 is 23.8 Å². The molecule has 4 heterocycles. The minimum absolute atomic E-state index is 0.172. The highest BCUT2D eigenvalue weighted by Crippen LogP contribution is 2.59. The minimum atomic E-state index is -0.885. The van der Waals surface area contributed by atoms with Gasteiger partial charge in [0.1, 0.15) is 23.8 Å². The number of methoxy groups -OCH3 is 1. The number of fused-ring (bicyclic) bond motifs is 6. The lowest BCUT2D eigenvalue weighted by molar-refractivity contribution is -0.270. The van der Waals surface area contributed by atoms with E-state index in [0.717, 1.165) is 11.3 Å². The van der Waals surface area contributed by atoms with Crippen molar-refractivity contribution in [1.29, 1.82) is 0 Å². The SMILES string of the molecule is CO[C@]12ON=C(c3c(C)cc(C)cc3C)[C@H]1[C@@H]1O[C@H]2CC12OCCO2. The van der Waals surface area contributed by atoms with Gasteiger partial charge in [0.2, 0.25) is 0 Å². The van der Waals surface area contributed by atoms with Crippen LogP contribution in [0.2, 0.25) is 0 Å². The molecule has 1 aromatic carbocycles.